The van der Waals surface area contributed by atoms with Crippen LogP contribution < -0.4 is 10.6 Å². The average molecular weight is 450 g/mol. The SMILES string of the molecule is O=C(NCCC[C@H]1c2[nH]c3ccccc3c2C[C@H]2C(=O)N3CCC[C@H]3C(=O)N21)[C@@H]1CCCN1. The van der Waals surface area contributed by atoms with Gasteiger partial charge in [0, 0.05) is 36.1 Å². The number of nitrogens with one attached hydrogen (secondary N) is 3. The maximum Gasteiger partial charge on any atom is 0.246 e. The van der Waals surface area contributed by atoms with Crippen LogP contribution in [0.4, 0.5) is 0 Å². The van der Waals surface area contributed by atoms with Crippen molar-refractivity contribution in [1.29, 1.82) is 0 Å². The van der Waals surface area contributed by atoms with Gasteiger partial charge >= 0.3 is 0 Å². The van der Waals surface area contributed by atoms with Crippen molar-refractivity contribution in [1.82, 2.24) is 25.4 Å². The number of amides is 3. The molecule has 0 bridgehead atoms. The normalized spacial score (nSPS) is 28.7. The quantitative estimate of drug-likeness (QED) is 0.604. The van der Waals surface area contributed by atoms with E-state index in [1.807, 2.05) is 21.9 Å². The number of para-hydroxylation sites is 1. The van der Waals surface area contributed by atoms with Crippen LogP contribution in [0.1, 0.15) is 55.8 Å². The molecular formula is C25H31N5O3. The Labute approximate surface area is 193 Å². The van der Waals surface area contributed by atoms with Crippen LogP contribution in [0.5, 0.6) is 0 Å². The van der Waals surface area contributed by atoms with Gasteiger partial charge in [0.15, 0.2) is 0 Å². The van der Waals surface area contributed by atoms with Gasteiger partial charge in [-0.05, 0) is 56.7 Å². The van der Waals surface area contributed by atoms with Crippen molar-refractivity contribution in [3.63, 3.8) is 0 Å². The largest absolute Gasteiger partial charge is 0.356 e. The summed E-state index contributed by atoms with van der Waals surface area (Å²) in [5, 5.41) is 7.43. The minimum absolute atomic E-state index is 0.0612. The monoisotopic (exact) mass is 449 g/mol. The van der Waals surface area contributed by atoms with Crippen molar-refractivity contribution in [3.05, 3.63) is 35.5 Å². The molecule has 0 saturated carbocycles. The number of nitrogens with zero attached hydrogens (tertiary/aromatic N) is 2. The number of rotatable bonds is 5. The third kappa shape index (κ3) is 3.34. The maximum atomic E-state index is 13.6. The van der Waals surface area contributed by atoms with E-state index in [-0.39, 0.29) is 35.8 Å². The lowest BCUT2D eigenvalue weighted by Crippen LogP contribution is -2.65. The molecule has 2 aromatic rings. The number of carbonyl (C=O) groups is 3. The fraction of sp³-hybridized carbons (Fsp3) is 0.560. The number of aromatic amines is 1. The Morgan fingerprint density at radius 2 is 1.97 bits per heavy atom. The van der Waals surface area contributed by atoms with Crippen LogP contribution in [0, 0.1) is 0 Å². The molecule has 174 valence electrons. The van der Waals surface area contributed by atoms with Crippen LogP contribution in [-0.4, -0.2) is 70.3 Å². The van der Waals surface area contributed by atoms with Gasteiger partial charge in [-0.25, -0.2) is 0 Å². The molecule has 6 rings (SSSR count). The summed E-state index contributed by atoms with van der Waals surface area (Å²) in [4.78, 5) is 46.6. The summed E-state index contributed by atoms with van der Waals surface area (Å²) in [6.45, 7) is 2.15. The Bertz CT molecular complexity index is 1100. The van der Waals surface area contributed by atoms with E-state index in [1.165, 1.54) is 0 Å². The number of hydrogen-bond acceptors (Lipinski definition) is 4. The van der Waals surface area contributed by atoms with Crippen LogP contribution in [0.3, 0.4) is 0 Å². The Kier molecular flexibility index (Phi) is 5.13. The number of fused-ring (bicyclic) bond motifs is 5. The zero-order chi connectivity index (χ0) is 22.5. The fourth-order valence-electron chi connectivity index (χ4n) is 6.36. The molecule has 4 aliphatic rings. The van der Waals surface area contributed by atoms with Crippen LogP contribution in [0.2, 0.25) is 0 Å². The van der Waals surface area contributed by atoms with Crippen LogP contribution >= 0.6 is 0 Å². The summed E-state index contributed by atoms with van der Waals surface area (Å²) in [7, 11) is 0. The molecular weight excluding hydrogens is 418 g/mol. The summed E-state index contributed by atoms with van der Waals surface area (Å²) in [6, 6.07) is 7.18. The van der Waals surface area contributed by atoms with Crippen molar-refractivity contribution < 1.29 is 14.4 Å². The third-order valence-electron chi connectivity index (χ3n) is 7.94. The molecule has 0 aliphatic carbocycles. The zero-order valence-electron chi connectivity index (χ0n) is 18.8. The first-order valence-corrected chi connectivity index (χ1v) is 12.4. The second-order valence-corrected chi connectivity index (χ2v) is 9.82. The van der Waals surface area contributed by atoms with E-state index in [4.69, 9.17) is 0 Å². The molecule has 3 saturated heterocycles. The minimum atomic E-state index is -0.430. The lowest BCUT2D eigenvalue weighted by atomic mass is 9.86. The number of carbonyl (C=O) groups excluding carboxylic acids is 3. The van der Waals surface area contributed by atoms with Crippen LogP contribution in [-0.2, 0) is 20.8 Å². The van der Waals surface area contributed by atoms with Crippen molar-refractivity contribution in [2.75, 3.05) is 19.6 Å². The lowest BCUT2D eigenvalue weighted by molar-refractivity contribution is -0.163. The number of hydrogen-bond donors (Lipinski definition) is 3. The number of piperazine rings is 1. The molecule has 3 N–H and O–H groups in total. The van der Waals surface area contributed by atoms with E-state index in [0.717, 1.165) is 60.8 Å². The standard InChI is InChI=1S/C25H31N5O3/c31-23(18-8-3-11-26-18)27-12-4-9-19-22-16(15-6-1-2-7-17(15)28-22)14-21-24(32)29-13-5-10-20(29)25(33)30(19)21/h1-2,6-7,18-21,26,28H,3-5,8-14H2,(H,27,31)/t18-,19-,20-,21-/m0/s1. The molecule has 0 spiro atoms. The van der Waals surface area contributed by atoms with Crippen molar-refractivity contribution in [2.45, 2.75) is 69.1 Å². The van der Waals surface area contributed by atoms with Crippen LogP contribution in [0.15, 0.2) is 24.3 Å². The van der Waals surface area contributed by atoms with Crippen molar-refractivity contribution in [3.8, 4) is 0 Å². The highest BCUT2D eigenvalue weighted by Crippen LogP contribution is 2.43. The van der Waals surface area contributed by atoms with Gasteiger partial charge in [0.2, 0.25) is 17.7 Å². The Morgan fingerprint density at radius 3 is 2.82 bits per heavy atom. The molecule has 0 radical (unpaired) electrons. The summed E-state index contributed by atoms with van der Waals surface area (Å²) in [5.41, 5.74) is 3.27. The highest BCUT2D eigenvalue weighted by Gasteiger charge is 2.52. The molecule has 3 amide bonds. The molecule has 1 aromatic heterocycles. The lowest BCUT2D eigenvalue weighted by Gasteiger charge is -2.48. The predicted molar refractivity (Wildman–Crippen MR) is 123 cm³/mol. The Hall–Kier alpha value is -2.87. The Balaban J connectivity index is 1.27. The van der Waals surface area contributed by atoms with Crippen molar-refractivity contribution >= 4 is 28.6 Å². The second kappa shape index (κ2) is 8.17. The van der Waals surface area contributed by atoms with E-state index < -0.39 is 6.04 Å². The van der Waals surface area contributed by atoms with E-state index in [1.54, 1.807) is 0 Å². The fourth-order valence-corrected chi connectivity index (χ4v) is 6.36. The third-order valence-corrected chi connectivity index (χ3v) is 7.94. The zero-order valence-corrected chi connectivity index (χ0v) is 18.8. The molecule has 0 unspecified atom stereocenters. The van der Waals surface area contributed by atoms with E-state index in [9.17, 15) is 14.4 Å². The molecule has 5 heterocycles. The highest BCUT2D eigenvalue weighted by molar-refractivity contribution is 5.99. The van der Waals surface area contributed by atoms with Gasteiger partial charge in [0.05, 0.1) is 12.1 Å². The molecule has 1 aromatic carbocycles. The number of aromatic nitrogens is 1. The number of benzene rings is 1. The second-order valence-electron chi connectivity index (χ2n) is 9.82. The predicted octanol–water partition coefficient (Wildman–Crippen LogP) is 1.62. The van der Waals surface area contributed by atoms with Crippen LogP contribution in [0.25, 0.3) is 10.9 Å². The van der Waals surface area contributed by atoms with Gasteiger partial charge < -0.3 is 25.4 Å². The smallest absolute Gasteiger partial charge is 0.246 e. The van der Waals surface area contributed by atoms with Gasteiger partial charge in [0.25, 0.3) is 0 Å². The molecule has 8 heteroatoms. The maximum absolute atomic E-state index is 13.6. The first kappa shape index (κ1) is 20.7. The molecule has 4 aliphatic heterocycles. The summed E-state index contributed by atoms with van der Waals surface area (Å²) >= 11 is 0. The molecule has 8 nitrogen and oxygen atoms in total. The van der Waals surface area contributed by atoms with E-state index >= 15 is 0 Å². The van der Waals surface area contributed by atoms with Crippen molar-refractivity contribution in [2.24, 2.45) is 0 Å². The first-order chi connectivity index (χ1) is 16.1. The molecule has 33 heavy (non-hydrogen) atoms. The van der Waals surface area contributed by atoms with Gasteiger partial charge in [-0.1, -0.05) is 18.2 Å². The van der Waals surface area contributed by atoms with Gasteiger partial charge in [-0.15, -0.1) is 0 Å². The molecule has 4 atom stereocenters. The van der Waals surface area contributed by atoms with Gasteiger partial charge in [0.1, 0.15) is 12.1 Å². The summed E-state index contributed by atoms with van der Waals surface area (Å²) in [6.07, 6.45) is 5.59. The number of H-pyrrole nitrogens is 1. The highest BCUT2D eigenvalue weighted by atomic mass is 16.2. The average Bonchev–Trinajstić information content (AvgIpc) is 3.59. The summed E-state index contributed by atoms with van der Waals surface area (Å²) in [5.74, 6) is 0.246. The van der Waals surface area contributed by atoms with Gasteiger partial charge in [-0.2, -0.15) is 0 Å². The summed E-state index contributed by atoms with van der Waals surface area (Å²) < 4.78 is 0. The van der Waals surface area contributed by atoms with E-state index in [2.05, 4.69) is 27.8 Å². The first-order valence-electron chi connectivity index (χ1n) is 12.4. The topological polar surface area (TPSA) is 97.5 Å². The minimum Gasteiger partial charge on any atom is -0.356 e. The Morgan fingerprint density at radius 1 is 1.09 bits per heavy atom. The van der Waals surface area contributed by atoms with Gasteiger partial charge in [-0.3, -0.25) is 14.4 Å². The van der Waals surface area contributed by atoms with E-state index in [0.29, 0.717) is 25.9 Å². The molecule has 3 fully saturated rings.